The van der Waals surface area contributed by atoms with Gasteiger partial charge < -0.3 is 14.7 Å². The minimum atomic E-state index is -0.681. The van der Waals surface area contributed by atoms with Crippen LogP contribution >= 0.6 is 11.8 Å². The zero-order valence-corrected chi connectivity index (χ0v) is 18.0. The van der Waals surface area contributed by atoms with Gasteiger partial charge in [-0.3, -0.25) is 10.1 Å². The van der Waals surface area contributed by atoms with Crippen molar-refractivity contribution in [2.45, 2.75) is 6.92 Å². The summed E-state index contributed by atoms with van der Waals surface area (Å²) < 4.78 is 5.08. The molecule has 0 fully saturated rings. The van der Waals surface area contributed by atoms with Crippen molar-refractivity contribution in [2.24, 2.45) is 4.99 Å². The average Bonchev–Trinajstić information content (AvgIpc) is 3.03. The van der Waals surface area contributed by atoms with E-state index in [1.807, 2.05) is 43.3 Å². The van der Waals surface area contributed by atoms with Crippen LogP contribution in [0.3, 0.4) is 0 Å². The Balaban J connectivity index is 1.98. The van der Waals surface area contributed by atoms with Gasteiger partial charge in [-0.25, -0.2) is 9.79 Å². The van der Waals surface area contributed by atoms with Crippen LogP contribution in [0.1, 0.15) is 12.5 Å². The summed E-state index contributed by atoms with van der Waals surface area (Å²) >= 11 is 1.13. The van der Waals surface area contributed by atoms with Gasteiger partial charge in [0.1, 0.15) is 16.4 Å². The summed E-state index contributed by atoms with van der Waals surface area (Å²) in [6.07, 6.45) is 1.76. The number of nitro benzene ring substituents is 1. The Labute approximate surface area is 183 Å². The summed E-state index contributed by atoms with van der Waals surface area (Å²) in [4.78, 5) is 29.7. The summed E-state index contributed by atoms with van der Waals surface area (Å²) in [6.45, 7) is 1.82. The lowest BCUT2D eigenvalue weighted by Crippen LogP contribution is -2.12. The summed E-state index contributed by atoms with van der Waals surface area (Å²) in [5.41, 5.74) is 2.21. The van der Waals surface area contributed by atoms with Crippen molar-refractivity contribution in [3.05, 3.63) is 80.4 Å². The second kappa shape index (κ2) is 9.48. The molecule has 1 aliphatic rings. The molecule has 1 aliphatic heterocycles. The molecule has 0 saturated carbocycles. The first-order valence-corrected chi connectivity index (χ1v) is 10.2. The minimum absolute atomic E-state index is 0.0265. The number of nitrogens with zero attached hydrogens (tertiary/aromatic N) is 3. The molecule has 0 radical (unpaired) electrons. The van der Waals surface area contributed by atoms with Crippen molar-refractivity contribution >= 4 is 45.9 Å². The van der Waals surface area contributed by atoms with E-state index in [-0.39, 0.29) is 28.7 Å². The van der Waals surface area contributed by atoms with Gasteiger partial charge in [0, 0.05) is 31.9 Å². The minimum Gasteiger partial charge on any atom is -0.506 e. The van der Waals surface area contributed by atoms with E-state index in [1.54, 1.807) is 13.0 Å². The Kier molecular flexibility index (Phi) is 6.76. The molecule has 0 amide bonds. The van der Waals surface area contributed by atoms with E-state index in [9.17, 15) is 20.0 Å². The highest BCUT2D eigenvalue weighted by atomic mass is 32.2. The standard InChI is InChI=1S/C22H21N3O5S/c1-4-30-22(27)19-20(26)18(13-14-5-9-16(10-6-14)24(2)3)31-21(19)23-15-7-11-17(12-8-15)25(28)29/h5-13,26H,4H2,1-3H3/b18-13-,23-21?. The molecule has 9 heteroatoms. The maximum absolute atomic E-state index is 12.5. The molecule has 3 rings (SSSR count). The van der Waals surface area contributed by atoms with Crippen molar-refractivity contribution in [2.75, 3.05) is 25.6 Å². The van der Waals surface area contributed by atoms with Gasteiger partial charge in [-0.2, -0.15) is 0 Å². The van der Waals surface area contributed by atoms with E-state index >= 15 is 0 Å². The SMILES string of the molecule is CCOC(=O)C1=C(O)/C(=C/c2ccc(N(C)C)cc2)SC1=Nc1ccc([N+](=O)[O-])cc1. The monoisotopic (exact) mass is 439 g/mol. The summed E-state index contributed by atoms with van der Waals surface area (Å²) in [5, 5.41) is 21.8. The van der Waals surface area contributed by atoms with E-state index in [0.717, 1.165) is 23.0 Å². The number of hydrogen-bond donors (Lipinski definition) is 1. The quantitative estimate of drug-likeness (QED) is 0.389. The van der Waals surface area contributed by atoms with Gasteiger partial charge in [0.15, 0.2) is 0 Å². The summed E-state index contributed by atoms with van der Waals surface area (Å²) in [5.74, 6) is -0.889. The average molecular weight is 439 g/mol. The molecular formula is C22H21N3O5S. The van der Waals surface area contributed by atoms with E-state index in [4.69, 9.17) is 4.74 Å². The van der Waals surface area contributed by atoms with Crippen LogP contribution in [0.5, 0.6) is 0 Å². The fourth-order valence-electron chi connectivity index (χ4n) is 2.78. The summed E-state index contributed by atoms with van der Waals surface area (Å²) in [6, 6.07) is 13.3. The number of nitro groups is 1. The number of carbonyl (C=O) groups excluding carboxylic acids is 1. The van der Waals surface area contributed by atoms with E-state index in [2.05, 4.69) is 4.99 Å². The highest BCUT2D eigenvalue weighted by Crippen LogP contribution is 2.40. The van der Waals surface area contributed by atoms with Crippen molar-refractivity contribution in [3.63, 3.8) is 0 Å². The van der Waals surface area contributed by atoms with Crippen LogP contribution < -0.4 is 4.90 Å². The predicted octanol–water partition coefficient (Wildman–Crippen LogP) is 4.85. The third kappa shape index (κ3) is 5.13. The van der Waals surface area contributed by atoms with Crippen LogP contribution in [0.2, 0.25) is 0 Å². The number of thioether (sulfide) groups is 1. The van der Waals surface area contributed by atoms with Gasteiger partial charge >= 0.3 is 5.97 Å². The number of aliphatic hydroxyl groups is 1. The molecule has 0 bridgehead atoms. The lowest BCUT2D eigenvalue weighted by atomic mass is 10.1. The van der Waals surface area contributed by atoms with Crippen LogP contribution in [0.25, 0.3) is 6.08 Å². The van der Waals surface area contributed by atoms with Crippen molar-refractivity contribution in [1.29, 1.82) is 0 Å². The van der Waals surface area contributed by atoms with Crippen LogP contribution in [-0.2, 0) is 9.53 Å². The number of hydrogen-bond acceptors (Lipinski definition) is 8. The van der Waals surface area contributed by atoms with Gasteiger partial charge in [-0.15, -0.1) is 0 Å². The predicted molar refractivity (Wildman–Crippen MR) is 123 cm³/mol. The normalized spacial score (nSPS) is 16.1. The summed E-state index contributed by atoms with van der Waals surface area (Å²) in [7, 11) is 3.89. The smallest absolute Gasteiger partial charge is 0.344 e. The number of anilines is 1. The highest BCUT2D eigenvalue weighted by molar-refractivity contribution is 8.18. The van der Waals surface area contributed by atoms with Gasteiger partial charge in [0.05, 0.1) is 22.1 Å². The molecule has 0 spiro atoms. The first kappa shape index (κ1) is 22.1. The molecule has 0 atom stereocenters. The molecule has 31 heavy (non-hydrogen) atoms. The third-order valence-corrected chi connectivity index (χ3v) is 5.39. The molecule has 0 unspecified atom stereocenters. The second-order valence-electron chi connectivity index (χ2n) is 6.73. The number of non-ortho nitro benzene ring substituents is 1. The number of ether oxygens (including phenoxy) is 1. The van der Waals surface area contributed by atoms with Crippen LogP contribution in [0.15, 0.2) is 69.8 Å². The molecule has 1 heterocycles. The van der Waals surface area contributed by atoms with E-state index in [0.29, 0.717) is 10.6 Å². The number of benzene rings is 2. The van der Waals surface area contributed by atoms with Crippen molar-refractivity contribution in [3.8, 4) is 0 Å². The Morgan fingerprint density at radius 3 is 2.39 bits per heavy atom. The Hall–Kier alpha value is -3.59. The highest BCUT2D eigenvalue weighted by Gasteiger charge is 2.33. The first-order chi connectivity index (χ1) is 14.8. The zero-order valence-electron chi connectivity index (χ0n) is 17.2. The maximum atomic E-state index is 12.5. The van der Waals surface area contributed by atoms with Crippen LogP contribution in [0, 0.1) is 10.1 Å². The van der Waals surface area contributed by atoms with Crippen LogP contribution in [0.4, 0.5) is 17.1 Å². The van der Waals surface area contributed by atoms with Crippen molar-refractivity contribution in [1.82, 2.24) is 0 Å². The van der Waals surface area contributed by atoms with Crippen molar-refractivity contribution < 1.29 is 19.6 Å². The fourth-order valence-corrected chi connectivity index (χ4v) is 3.81. The van der Waals surface area contributed by atoms with Crippen LogP contribution in [-0.4, -0.2) is 41.7 Å². The molecule has 0 aromatic heterocycles. The number of carbonyl (C=O) groups is 1. The van der Waals surface area contributed by atoms with Gasteiger partial charge in [-0.1, -0.05) is 23.9 Å². The third-order valence-electron chi connectivity index (χ3n) is 4.37. The molecule has 8 nitrogen and oxygen atoms in total. The largest absolute Gasteiger partial charge is 0.506 e. The molecule has 2 aromatic rings. The lowest BCUT2D eigenvalue weighted by molar-refractivity contribution is -0.384. The molecule has 1 N–H and O–H groups in total. The van der Waals surface area contributed by atoms with E-state index in [1.165, 1.54) is 24.3 Å². The Morgan fingerprint density at radius 1 is 1.19 bits per heavy atom. The number of aliphatic hydroxyl groups excluding tert-OH is 1. The zero-order chi connectivity index (χ0) is 22.5. The molecule has 0 aliphatic carbocycles. The van der Waals surface area contributed by atoms with Gasteiger partial charge in [0.2, 0.25) is 0 Å². The topological polar surface area (TPSA) is 105 Å². The number of aliphatic imine (C=N–C) groups is 1. The van der Waals surface area contributed by atoms with E-state index < -0.39 is 10.9 Å². The fraction of sp³-hybridized carbons (Fsp3) is 0.182. The van der Waals surface area contributed by atoms with Gasteiger partial charge in [0.25, 0.3) is 5.69 Å². The molecule has 160 valence electrons. The molecule has 0 saturated heterocycles. The Bertz CT molecular complexity index is 1090. The maximum Gasteiger partial charge on any atom is 0.344 e. The van der Waals surface area contributed by atoms with Gasteiger partial charge in [-0.05, 0) is 42.8 Å². The molecule has 2 aromatic carbocycles. The molecular weight excluding hydrogens is 418 g/mol. The lowest BCUT2D eigenvalue weighted by Gasteiger charge is -2.11. The number of esters is 1. The number of rotatable bonds is 6. The first-order valence-electron chi connectivity index (χ1n) is 9.41. The second-order valence-corrected chi connectivity index (χ2v) is 7.76. The Morgan fingerprint density at radius 2 is 1.84 bits per heavy atom.